The van der Waals surface area contributed by atoms with Crippen LogP contribution in [0, 0.1) is 5.41 Å². The zero-order valence-electron chi connectivity index (χ0n) is 13.2. The minimum Gasteiger partial charge on any atom is -0.346 e. The van der Waals surface area contributed by atoms with Gasteiger partial charge in [0.2, 0.25) is 11.8 Å². The number of carbonyl (C=O) groups is 2. The zero-order chi connectivity index (χ0) is 16.0. The van der Waals surface area contributed by atoms with E-state index in [0.29, 0.717) is 6.54 Å². The maximum absolute atomic E-state index is 12.0. The SMILES string of the molecule is CN(Cc1ccccc1)C(=O)CNC(=O)[C@@H](N)C(C)(C)C. The van der Waals surface area contributed by atoms with Crippen LogP contribution in [0.25, 0.3) is 0 Å². The van der Waals surface area contributed by atoms with Gasteiger partial charge in [-0.1, -0.05) is 51.1 Å². The normalized spacial score (nSPS) is 12.6. The van der Waals surface area contributed by atoms with Crippen LogP contribution in [0.2, 0.25) is 0 Å². The van der Waals surface area contributed by atoms with E-state index in [-0.39, 0.29) is 23.8 Å². The Morgan fingerprint density at radius 3 is 2.33 bits per heavy atom. The number of hydrogen-bond donors (Lipinski definition) is 2. The molecule has 2 amide bonds. The maximum atomic E-state index is 12.0. The lowest BCUT2D eigenvalue weighted by Crippen LogP contribution is -2.50. The third kappa shape index (κ3) is 5.55. The van der Waals surface area contributed by atoms with Gasteiger partial charge in [-0.2, -0.15) is 0 Å². The molecule has 0 radical (unpaired) electrons. The number of carbonyl (C=O) groups excluding carboxylic acids is 2. The van der Waals surface area contributed by atoms with Crippen molar-refractivity contribution in [3.63, 3.8) is 0 Å². The second kappa shape index (κ2) is 7.22. The molecule has 1 aromatic rings. The number of hydrogen-bond acceptors (Lipinski definition) is 3. The van der Waals surface area contributed by atoms with E-state index < -0.39 is 6.04 Å². The maximum Gasteiger partial charge on any atom is 0.242 e. The molecule has 5 nitrogen and oxygen atoms in total. The van der Waals surface area contributed by atoms with Crippen LogP contribution >= 0.6 is 0 Å². The van der Waals surface area contributed by atoms with E-state index in [1.807, 2.05) is 51.1 Å². The molecule has 5 heteroatoms. The minimum absolute atomic E-state index is 0.0358. The first-order valence-electron chi connectivity index (χ1n) is 7.03. The molecule has 1 aromatic carbocycles. The molecular formula is C16H25N3O2. The highest BCUT2D eigenvalue weighted by molar-refractivity contribution is 5.87. The molecule has 0 heterocycles. The molecule has 21 heavy (non-hydrogen) atoms. The summed E-state index contributed by atoms with van der Waals surface area (Å²) in [5.74, 6) is -0.447. The highest BCUT2D eigenvalue weighted by atomic mass is 16.2. The molecule has 0 spiro atoms. The van der Waals surface area contributed by atoms with Gasteiger partial charge in [0.15, 0.2) is 0 Å². The van der Waals surface area contributed by atoms with Crippen LogP contribution in [0.1, 0.15) is 26.3 Å². The van der Waals surface area contributed by atoms with Gasteiger partial charge in [-0.3, -0.25) is 9.59 Å². The molecule has 116 valence electrons. The molecule has 1 rings (SSSR count). The van der Waals surface area contributed by atoms with Crippen LogP contribution in [0.3, 0.4) is 0 Å². The average Bonchev–Trinajstić information content (AvgIpc) is 2.43. The quantitative estimate of drug-likeness (QED) is 0.854. The lowest BCUT2D eigenvalue weighted by atomic mass is 9.87. The van der Waals surface area contributed by atoms with Crippen molar-refractivity contribution >= 4 is 11.8 Å². The number of rotatable bonds is 5. The van der Waals surface area contributed by atoms with Gasteiger partial charge < -0.3 is 16.0 Å². The first-order chi connectivity index (χ1) is 9.71. The summed E-state index contributed by atoms with van der Waals surface area (Å²) in [4.78, 5) is 25.4. The van der Waals surface area contributed by atoms with Gasteiger partial charge in [0.1, 0.15) is 0 Å². The van der Waals surface area contributed by atoms with Crippen LogP contribution in [-0.4, -0.2) is 36.3 Å². The van der Waals surface area contributed by atoms with Crippen LogP contribution in [0.4, 0.5) is 0 Å². The largest absolute Gasteiger partial charge is 0.346 e. The summed E-state index contributed by atoms with van der Waals surface area (Å²) in [7, 11) is 1.71. The highest BCUT2D eigenvalue weighted by Gasteiger charge is 2.27. The lowest BCUT2D eigenvalue weighted by molar-refractivity contribution is -0.133. The average molecular weight is 291 g/mol. The topological polar surface area (TPSA) is 75.4 Å². The third-order valence-corrected chi connectivity index (χ3v) is 3.32. The highest BCUT2D eigenvalue weighted by Crippen LogP contribution is 2.17. The molecule has 0 aliphatic rings. The van der Waals surface area contributed by atoms with Crippen LogP contribution in [0.15, 0.2) is 30.3 Å². The van der Waals surface area contributed by atoms with E-state index in [2.05, 4.69) is 5.32 Å². The van der Waals surface area contributed by atoms with Crippen molar-refractivity contribution in [1.29, 1.82) is 0 Å². The monoisotopic (exact) mass is 291 g/mol. The summed E-state index contributed by atoms with van der Waals surface area (Å²) in [6, 6.07) is 9.06. The smallest absolute Gasteiger partial charge is 0.242 e. The van der Waals surface area contributed by atoms with E-state index in [4.69, 9.17) is 5.73 Å². The fourth-order valence-electron chi connectivity index (χ4n) is 1.75. The van der Waals surface area contributed by atoms with E-state index in [9.17, 15) is 9.59 Å². The first kappa shape index (κ1) is 17.2. The van der Waals surface area contributed by atoms with Crippen molar-refractivity contribution in [2.75, 3.05) is 13.6 Å². The number of amides is 2. The number of benzene rings is 1. The van der Waals surface area contributed by atoms with Crippen molar-refractivity contribution < 1.29 is 9.59 Å². The fraction of sp³-hybridized carbons (Fsp3) is 0.500. The Balaban J connectivity index is 2.45. The Bertz CT molecular complexity index is 480. The second-order valence-electron chi connectivity index (χ2n) is 6.30. The van der Waals surface area contributed by atoms with Crippen LogP contribution in [0.5, 0.6) is 0 Å². The van der Waals surface area contributed by atoms with E-state index in [0.717, 1.165) is 5.56 Å². The summed E-state index contributed by atoms with van der Waals surface area (Å²) >= 11 is 0. The summed E-state index contributed by atoms with van der Waals surface area (Å²) in [5, 5.41) is 2.60. The fourth-order valence-corrected chi connectivity index (χ4v) is 1.75. The molecule has 3 N–H and O–H groups in total. The number of nitrogens with two attached hydrogens (primary N) is 1. The number of nitrogens with one attached hydrogen (secondary N) is 1. The molecule has 0 aromatic heterocycles. The van der Waals surface area contributed by atoms with Crippen LogP contribution in [-0.2, 0) is 16.1 Å². The molecular weight excluding hydrogens is 266 g/mol. The molecule has 0 aliphatic heterocycles. The number of nitrogens with zero attached hydrogens (tertiary/aromatic N) is 1. The Morgan fingerprint density at radius 2 is 1.81 bits per heavy atom. The summed E-state index contributed by atoms with van der Waals surface area (Å²) < 4.78 is 0. The van der Waals surface area contributed by atoms with E-state index in [1.54, 1.807) is 11.9 Å². The Hall–Kier alpha value is -1.88. The van der Waals surface area contributed by atoms with Crippen LogP contribution < -0.4 is 11.1 Å². The van der Waals surface area contributed by atoms with Gasteiger partial charge in [-0.05, 0) is 11.0 Å². The van der Waals surface area contributed by atoms with E-state index >= 15 is 0 Å². The van der Waals surface area contributed by atoms with Gasteiger partial charge in [0.25, 0.3) is 0 Å². The standard InChI is InChI=1S/C16H25N3O2/c1-16(2,3)14(17)15(21)18-10-13(20)19(4)11-12-8-6-5-7-9-12/h5-9,14H,10-11,17H2,1-4H3,(H,18,21)/t14-/m1/s1. The first-order valence-corrected chi connectivity index (χ1v) is 7.03. The van der Waals surface area contributed by atoms with Crippen molar-refractivity contribution in [3.05, 3.63) is 35.9 Å². The van der Waals surface area contributed by atoms with Crippen molar-refractivity contribution in [2.24, 2.45) is 11.1 Å². The Labute approximate surface area is 126 Å². The van der Waals surface area contributed by atoms with Crippen molar-refractivity contribution in [1.82, 2.24) is 10.2 Å². The predicted octanol–water partition coefficient (Wildman–Crippen LogP) is 1.13. The second-order valence-corrected chi connectivity index (χ2v) is 6.30. The molecule has 0 saturated heterocycles. The third-order valence-electron chi connectivity index (χ3n) is 3.32. The molecule has 0 fully saturated rings. The van der Waals surface area contributed by atoms with Gasteiger partial charge in [0.05, 0.1) is 12.6 Å². The lowest BCUT2D eigenvalue weighted by Gasteiger charge is -2.26. The molecule has 0 saturated carbocycles. The molecule has 0 bridgehead atoms. The minimum atomic E-state index is -0.635. The number of likely N-dealkylation sites (N-methyl/N-ethyl adjacent to an activating group) is 1. The van der Waals surface area contributed by atoms with Gasteiger partial charge in [0, 0.05) is 13.6 Å². The summed E-state index contributed by atoms with van der Waals surface area (Å²) in [6.45, 7) is 6.15. The molecule has 0 unspecified atom stereocenters. The molecule has 0 aliphatic carbocycles. The van der Waals surface area contributed by atoms with Gasteiger partial charge in [-0.25, -0.2) is 0 Å². The van der Waals surface area contributed by atoms with Crippen molar-refractivity contribution in [2.45, 2.75) is 33.4 Å². The summed E-state index contributed by atoms with van der Waals surface area (Å²) in [6.07, 6.45) is 0. The predicted molar refractivity (Wildman–Crippen MR) is 83.4 cm³/mol. The molecule has 1 atom stereocenters. The van der Waals surface area contributed by atoms with Crippen molar-refractivity contribution in [3.8, 4) is 0 Å². The zero-order valence-corrected chi connectivity index (χ0v) is 13.2. The summed E-state index contributed by atoms with van der Waals surface area (Å²) in [5.41, 5.74) is 6.56. The Morgan fingerprint density at radius 1 is 1.24 bits per heavy atom. The van der Waals surface area contributed by atoms with E-state index in [1.165, 1.54) is 0 Å². The Kier molecular flexibility index (Phi) is 5.90. The van der Waals surface area contributed by atoms with Gasteiger partial charge >= 0.3 is 0 Å². The van der Waals surface area contributed by atoms with Gasteiger partial charge in [-0.15, -0.1) is 0 Å².